The Morgan fingerprint density at radius 3 is 2.58 bits per heavy atom. The van der Waals surface area contributed by atoms with Gasteiger partial charge in [0.25, 0.3) is 0 Å². The van der Waals surface area contributed by atoms with Crippen molar-refractivity contribution < 1.29 is 4.79 Å². The molecule has 3 atom stereocenters. The van der Waals surface area contributed by atoms with Crippen molar-refractivity contribution in [3.05, 3.63) is 27.8 Å². The Balaban J connectivity index is 1.48. The average molecular weight is 367 g/mol. The van der Waals surface area contributed by atoms with Crippen molar-refractivity contribution in [1.29, 1.82) is 0 Å². The maximum Gasteiger partial charge on any atom is 0.227 e. The minimum Gasteiger partial charge on any atom is -0.326 e. The van der Waals surface area contributed by atoms with E-state index in [1.165, 1.54) is 29.3 Å². The number of rotatable bonds is 2. The van der Waals surface area contributed by atoms with E-state index in [0.717, 1.165) is 18.0 Å². The number of nitrogens with one attached hydrogen (secondary N) is 1. The minimum atomic E-state index is 0.264. The third kappa shape index (κ3) is 1.84. The van der Waals surface area contributed by atoms with Crippen molar-refractivity contribution in [2.75, 3.05) is 5.32 Å². The second-order valence-electron chi connectivity index (χ2n) is 6.45. The second-order valence-corrected chi connectivity index (χ2v) is 7.70. The molecule has 3 saturated carbocycles. The lowest BCUT2D eigenvalue weighted by atomic mass is 9.86. The fourth-order valence-corrected chi connectivity index (χ4v) is 5.02. The molecule has 1 aromatic carbocycles. The van der Waals surface area contributed by atoms with Gasteiger partial charge in [-0.3, -0.25) is 4.79 Å². The van der Waals surface area contributed by atoms with Crippen molar-refractivity contribution in [2.24, 2.45) is 23.2 Å². The van der Waals surface area contributed by atoms with Gasteiger partial charge in [0.2, 0.25) is 5.91 Å². The van der Waals surface area contributed by atoms with Crippen LogP contribution in [0.5, 0.6) is 0 Å². The summed E-state index contributed by atoms with van der Waals surface area (Å²) >= 11 is 2.28. The summed E-state index contributed by atoms with van der Waals surface area (Å²) in [6, 6.07) is 8.08. The summed E-state index contributed by atoms with van der Waals surface area (Å²) in [4.78, 5) is 12.5. The summed E-state index contributed by atoms with van der Waals surface area (Å²) in [5, 5.41) is 3.12. The average Bonchev–Trinajstić information content (AvgIpc) is 3.07. The van der Waals surface area contributed by atoms with Crippen LogP contribution in [-0.4, -0.2) is 5.91 Å². The Morgan fingerprint density at radius 1 is 1.21 bits per heavy atom. The number of carbonyl (C=O) groups excluding carboxylic acids is 1. The molecule has 1 N–H and O–H groups in total. The van der Waals surface area contributed by atoms with Gasteiger partial charge < -0.3 is 5.32 Å². The number of anilines is 1. The van der Waals surface area contributed by atoms with Crippen LogP contribution >= 0.6 is 22.6 Å². The van der Waals surface area contributed by atoms with Gasteiger partial charge in [-0.25, -0.2) is 0 Å². The molecule has 3 unspecified atom stereocenters. The summed E-state index contributed by atoms with van der Waals surface area (Å²) in [5.41, 5.74) is 1.55. The van der Waals surface area contributed by atoms with Crippen LogP contribution in [0.25, 0.3) is 0 Å². The molecule has 3 aliphatic rings. The molecule has 0 heterocycles. The van der Waals surface area contributed by atoms with Gasteiger partial charge in [-0.1, -0.05) is 0 Å². The van der Waals surface area contributed by atoms with E-state index in [1.807, 2.05) is 24.3 Å². The SMILES string of the molecule is O=C(Nc1ccc(I)cc1)C1CC2CCC1C21CC1. The first-order chi connectivity index (χ1) is 9.19. The standard InChI is InChI=1S/C16H18INO/c17-11-2-4-12(5-3-11)18-15(19)13-9-10-1-6-14(13)16(10)7-8-16/h2-5,10,13-14H,1,6-9H2,(H,18,19). The normalized spacial score (nSPS) is 33.6. The lowest BCUT2D eigenvalue weighted by molar-refractivity contribution is -0.121. The van der Waals surface area contributed by atoms with E-state index in [0.29, 0.717) is 11.3 Å². The van der Waals surface area contributed by atoms with Gasteiger partial charge in [0.05, 0.1) is 0 Å². The van der Waals surface area contributed by atoms with Crippen LogP contribution in [0.3, 0.4) is 0 Å². The number of hydrogen-bond donors (Lipinski definition) is 1. The highest BCUT2D eigenvalue weighted by molar-refractivity contribution is 14.1. The topological polar surface area (TPSA) is 29.1 Å². The van der Waals surface area contributed by atoms with Gasteiger partial charge in [0.1, 0.15) is 0 Å². The van der Waals surface area contributed by atoms with Crippen LogP contribution in [0.1, 0.15) is 32.1 Å². The Hall–Kier alpha value is -0.580. The fraction of sp³-hybridized carbons (Fsp3) is 0.562. The summed E-state index contributed by atoms with van der Waals surface area (Å²) < 4.78 is 1.20. The summed E-state index contributed by atoms with van der Waals surface area (Å²) in [5.74, 6) is 2.08. The Morgan fingerprint density at radius 2 is 1.95 bits per heavy atom. The number of hydrogen-bond acceptors (Lipinski definition) is 1. The van der Waals surface area contributed by atoms with Gasteiger partial charge in [0, 0.05) is 15.2 Å². The number of benzene rings is 1. The van der Waals surface area contributed by atoms with Crippen LogP contribution in [-0.2, 0) is 4.79 Å². The maximum atomic E-state index is 12.5. The minimum absolute atomic E-state index is 0.264. The largest absolute Gasteiger partial charge is 0.326 e. The molecule has 2 bridgehead atoms. The lowest BCUT2D eigenvalue weighted by Crippen LogP contribution is -2.28. The number of amides is 1. The van der Waals surface area contributed by atoms with Crippen LogP contribution in [0.4, 0.5) is 5.69 Å². The molecule has 0 aliphatic heterocycles. The first-order valence-electron chi connectivity index (χ1n) is 7.25. The van der Waals surface area contributed by atoms with E-state index in [4.69, 9.17) is 0 Å². The predicted octanol–water partition coefficient (Wildman–Crippen LogP) is 4.06. The molecular weight excluding hydrogens is 349 g/mol. The van der Waals surface area contributed by atoms with Crippen molar-refractivity contribution >= 4 is 34.2 Å². The van der Waals surface area contributed by atoms with Crippen LogP contribution in [0, 0.1) is 26.7 Å². The zero-order valence-electron chi connectivity index (χ0n) is 10.9. The van der Waals surface area contributed by atoms with Crippen molar-refractivity contribution in [1.82, 2.24) is 0 Å². The van der Waals surface area contributed by atoms with E-state index >= 15 is 0 Å². The molecule has 2 nitrogen and oxygen atoms in total. The molecule has 19 heavy (non-hydrogen) atoms. The Labute approximate surface area is 127 Å². The highest BCUT2D eigenvalue weighted by Gasteiger charge is 2.65. The fourth-order valence-electron chi connectivity index (χ4n) is 4.66. The predicted molar refractivity (Wildman–Crippen MR) is 83.8 cm³/mol. The first-order valence-corrected chi connectivity index (χ1v) is 8.33. The Kier molecular flexibility index (Phi) is 2.70. The zero-order valence-corrected chi connectivity index (χ0v) is 13.0. The first kappa shape index (κ1) is 12.2. The molecule has 100 valence electrons. The Bertz CT molecular complexity index is 520. The quantitative estimate of drug-likeness (QED) is 0.785. The molecule has 0 saturated heterocycles. The summed E-state index contributed by atoms with van der Waals surface area (Å²) in [6.07, 6.45) is 6.57. The van der Waals surface area contributed by atoms with Crippen LogP contribution in [0.15, 0.2) is 24.3 Å². The van der Waals surface area contributed by atoms with E-state index in [-0.39, 0.29) is 11.8 Å². The molecular formula is C16H18INO. The van der Waals surface area contributed by atoms with Gasteiger partial charge in [0.15, 0.2) is 0 Å². The molecule has 4 rings (SSSR count). The van der Waals surface area contributed by atoms with E-state index in [9.17, 15) is 4.79 Å². The monoisotopic (exact) mass is 367 g/mol. The molecule has 1 spiro atoms. The van der Waals surface area contributed by atoms with E-state index in [1.54, 1.807) is 0 Å². The van der Waals surface area contributed by atoms with Crippen molar-refractivity contribution in [3.63, 3.8) is 0 Å². The molecule has 0 radical (unpaired) electrons. The molecule has 1 amide bonds. The van der Waals surface area contributed by atoms with Crippen molar-refractivity contribution in [2.45, 2.75) is 32.1 Å². The van der Waals surface area contributed by atoms with Gasteiger partial charge in [-0.2, -0.15) is 0 Å². The van der Waals surface area contributed by atoms with Gasteiger partial charge in [-0.15, -0.1) is 0 Å². The summed E-state index contributed by atoms with van der Waals surface area (Å²) in [6.45, 7) is 0. The highest BCUT2D eigenvalue weighted by Crippen LogP contribution is 2.72. The zero-order chi connectivity index (χ0) is 13.0. The molecule has 0 aromatic heterocycles. The molecule has 3 fully saturated rings. The number of carbonyl (C=O) groups is 1. The lowest BCUT2D eigenvalue weighted by Gasteiger charge is -2.21. The molecule has 3 aliphatic carbocycles. The third-order valence-corrected chi connectivity index (χ3v) is 6.40. The smallest absolute Gasteiger partial charge is 0.227 e. The van der Waals surface area contributed by atoms with E-state index < -0.39 is 0 Å². The van der Waals surface area contributed by atoms with Crippen LogP contribution in [0.2, 0.25) is 0 Å². The van der Waals surface area contributed by atoms with E-state index in [2.05, 4.69) is 27.9 Å². The summed E-state index contributed by atoms with van der Waals surface area (Å²) in [7, 11) is 0. The maximum absolute atomic E-state index is 12.5. The third-order valence-electron chi connectivity index (χ3n) is 5.68. The molecule has 1 aromatic rings. The van der Waals surface area contributed by atoms with Gasteiger partial charge in [-0.05, 0) is 96.2 Å². The van der Waals surface area contributed by atoms with Gasteiger partial charge >= 0.3 is 0 Å². The molecule has 3 heteroatoms. The van der Waals surface area contributed by atoms with Crippen molar-refractivity contribution in [3.8, 4) is 0 Å². The highest BCUT2D eigenvalue weighted by atomic mass is 127. The number of halogens is 1. The van der Waals surface area contributed by atoms with Crippen LogP contribution < -0.4 is 5.32 Å². The second kappa shape index (κ2) is 4.21.